The number of nitrogens with zero attached hydrogens (tertiary/aromatic N) is 10. The first kappa shape index (κ1) is 43.7. The van der Waals surface area contributed by atoms with Crippen LogP contribution in [0.2, 0.25) is 0 Å². The zero-order valence-electron chi connectivity index (χ0n) is 35.6. The molecule has 0 radical (unpaired) electrons. The number of nitrogen functional groups attached to an aromatic ring is 2. The molecule has 0 amide bonds. The average Bonchev–Trinajstić information content (AvgIpc) is 3.69. The van der Waals surface area contributed by atoms with Crippen LogP contribution in [0, 0.1) is 41.9 Å². The van der Waals surface area contributed by atoms with E-state index in [0.717, 1.165) is 5.56 Å². The molecule has 0 fully saturated rings. The van der Waals surface area contributed by atoms with Gasteiger partial charge in [-0.05, 0) is 55.5 Å². The van der Waals surface area contributed by atoms with Crippen LogP contribution in [0.1, 0.15) is 40.7 Å². The van der Waals surface area contributed by atoms with Crippen LogP contribution in [-0.2, 0) is 13.0 Å². The molecule has 0 saturated heterocycles. The molecule has 0 spiro atoms. The smallest absolute Gasteiger partial charge is 0.282 e. The summed E-state index contributed by atoms with van der Waals surface area (Å²) in [5.41, 5.74) is 16.8. The van der Waals surface area contributed by atoms with Crippen molar-refractivity contribution in [2.24, 2.45) is 4.99 Å². The summed E-state index contributed by atoms with van der Waals surface area (Å²) < 4.78 is 3.24. The molecular formula is C43H46N18O3. The van der Waals surface area contributed by atoms with Crippen molar-refractivity contribution in [2.45, 2.75) is 40.0 Å². The molecule has 0 aliphatic carbocycles. The van der Waals surface area contributed by atoms with Gasteiger partial charge in [0, 0.05) is 26.2 Å². The fourth-order valence-corrected chi connectivity index (χ4v) is 7.44. The molecule has 5 heterocycles. The predicted molar refractivity (Wildman–Crippen MR) is 247 cm³/mol. The molecule has 1 aliphatic heterocycles. The molecule has 7 rings (SSSR count). The number of hydrogen-bond acceptors (Lipinski definition) is 19. The summed E-state index contributed by atoms with van der Waals surface area (Å²) in [6.45, 7) is 4.83. The third kappa shape index (κ3) is 8.20. The quantitative estimate of drug-likeness (QED) is 0.0554. The van der Waals surface area contributed by atoms with E-state index in [-0.39, 0.29) is 88.3 Å². The molecule has 326 valence electrons. The number of imidazole rings is 1. The molecule has 21 heteroatoms. The van der Waals surface area contributed by atoms with Crippen LogP contribution >= 0.6 is 0 Å². The molecular weight excluding hydrogens is 817 g/mol. The number of aliphatic imine (C=N–C) groups is 1. The molecule has 2 aromatic carbocycles. The van der Waals surface area contributed by atoms with Crippen molar-refractivity contribution in [1.82, 2.24) is 44.4 Å². The molecule has 0 bridgehead atoms. The summed E-state index contributed by atoms with van der Waals surface area (Å²) >= 11 is 0. The third-order valence-electron chi connectivity index (χ3n) is 10.6. The highest BCUT2D eigenvalue weighted by molar-refractivity contribution is 6.17. The minimum atomic E-state index is -1.35. The van der Waals surface area contributed by atoms with Crippen LogP contribution in [0.15, 0.2) is 82.6 Å². The second-order valence-corrected chi connectivity index (χ2v) is 14.5. The van der Waals surface area contributed by atoms with E-state index >= 15 is 0 Å². The summed E-state index contributed by atoms with van der Waals surface area (Å²) in [4.78, 5) is 47.2. The van der Waals surface area contributed by atoms with E-state index in [2.05, 4.69) is 52.7 Å². The molecule has 21 nitrogen and oxygen atoms in total. The average molecular weight is 863 g/mol. The largest absolute Gasteiger partial charge is 0.386 e. The standard InChI is InChI=1S/C43H46N18O3/c1-22-10-6-7-13-28(22)60-31(18-59-21-56-37-39(48)53-20-55-41(37)59)58-34(36(50-5)43(60)64)27(46)16-25-11-8-14-29(23(25)2)61-30(57-33(24(3)44)35(49-4)42(61)63)17-51-40-32(26(45)12-9-15-62)38(47)52-19-54-40/h6-8,10-11,13-14,19-21,42,44-46,49-50,62-63H,15-18H2,1-5H3,(H2,48,53,55)(H3,47,51,52,54). The van der Waals surface area contributed by atoms with Gasteiger partial charge in [-0.1, -0.05) is 36.3 Å². The van der Waals surface area contributed by atoms with Crippen molar-refractivity contribution in [3.63, 3.8) is 0 Å². The van der Waals surface area contributed by atoms with Gasteiger partial charge in [-0.3, -0.25) is 19.7 Å². The van der Waals surface area contributed by atoms with E-state index in [1.807, 2.05) is 44.2 Å². The van der Waals surface area contributed by atoms with Crippen LogP contribution in [0.25, 0.3) is 16.9 Å². The summed E-state index contributed by atoms with van der Waals surface area (Å²) in [5.74, 6) is 5.92. The number of rotatable bonds is 14. The number of anilines is 5. The lowest BCUT2D eigenvalue weighted by atomic mass is 9.98. The first-order valence-corrected chi connectivity index (χ1v) is 19.8. The van der Waals surface area contributed by atoms with Crippen LogP contribution in [0.5, 0.6) is 0 Å². The first-order chi connectivity index (χ1) is 30.8. The second-order valence-electron chi connectivity index (χ2n) is 14.5. The Kier molecular flexibility index (Phi) is 12.5. The summed E-state index contributed by atoms with van der Waals surface area (Å²) in [7, 11) is 3.24. The van der Waals surface area contributed by atoms with Gasteiger partial charge in [0.15, 0.2) is 17.7 Å². The van der Waals surface area contributed by atoms with Crippen molar-refractivity contribution >= 4 is 63.0 Å². The number of allylic oxidation sites excluding steroid dienone is 1. The van der Waals surface area contributed by atoms with Crippen molar-refractivity contribution in [1.29, 1.82) is 16.2 Å². The summed E-state index contributed by atoms with van der Waals surface area (Å²) in [6.07, 6.45) is 2.80. The van der Waals surface area contributed by atoms with Gasteiger partial charge < -0.3 is 53.0 Å². The second kappa shape index (κ2) is 18.3. The van der Waals surface area contributed by atoms with Crippen LogP contribution in [0.3, 0.4) is 0 Å². The molecule has 64 heavy (non-hydrogen) atoms. The number of benzene rings is 2. The normalized spacial score (nSPS) is 13.6. The maximum absolute atomic E-state index is 14.6. The van der Waals surface area contributed by atoms with Gasteiger partial charge in [-0.25, -0.2) is 34.9 Å². The van der Waals surface area contributed by atoms with Crippen LogP contribution in [0.4, 0.5) is 28.8 Å². The molecule has 1 aliphatic rings. The lowest BCUT2D eigenvalue weighted by Gasteiger charge is -2.37. The summed E-state index contributed by atoms with van der Waals surface area (Å²) in [6, 6.07) is 12.9. The van der Waals surface area contributed by atoms with Gasteiger partial charge in [0.05, 0.1) is 47.8 Å². The van der Waals surface area contributed by atoms with E-state index in [1.54, 1.807) is 48.9 Å². The molecule has 0 saturated carbocycles. The summed E-state index contributed by atoms with van der Waals surface area (Å²) in [5, 5.41) is 56.9. The van der Waals surface area contributed by atoms with Crippen LogP contribution < -0.4 is 37.9 Å². The van der Waals surface area contributed by atoms with E-state index < -0.39 is 18.4 Å². The minimum Gasteiger partial charge on any atom is -0.386 e. The number of nitrogens with one attached hydrogen (secondary N) is 6. The Morgan fingerprint density at radius 3 is 2.39 bits per heavy atom. The van der Waals surface area contributed by atoms with Crippen LogP contribution in [-0.4, -0.2) is 106 Å². The Balaban J connectivity index is 1.28. The van der Waals surface area contributed by atoms with Crippen molar-refractivity contribution in [3.05, 3.63) is 117 Å². The van der Waals surface area contributed by atoms with Crippen molar-refractivity contribution in [2.75, 3.05) is 54.2 Å². The fraction of sp³-hybridized carbons (Fsp3) is 0.233. The lowest BCUT2D eigenvalue weighted by Crippen LogP contribution is -2.50. The number of aryl methyl sites for hydroxylation is 1. The first-order valence-electron chi connectivity index (χ1n) is 19.8. The number of para-hydroxylation sites is 1. The van der Waals surface area contributed by atoms with Crippen molar-refractivity contribution in [3.8, 4) is 17.5 Å². The van der Waals surface area contributed by atoms with Gasteiger partial charge >= 0.3 is 0 Å². The van der Waals surface area contributed by atoms with Gasteiger partial charge in [0.25, 0.3) is 5.56 Å². The third-order valence-corrected chi connectivity index (χ3v) is 10.6. The number of hydrogen-bond donors (Lipinski definition) is 10. The minimum absolute atomic E-state index is 0.0119. The van der Waals surface area contributed by atoms with Gasteiger partial charge in [0.1, 0.15) is 70.9 Å². The SMILES string of the molecule is CNC1=C(C(C)=N)N=C(CNc2ncnc(N)c2C(=N)C#CCO)N(c2cccc(CC(=N)c3nc(Cn4cnc5c(N)ncnc54)n(-c4ccccc4C)c(=O)c3NC)c2C)C1O. The molecule has 12 N–H and O–H groups in total. The van der Waals surface area contributed by atoms with Gasteiger partial charge in [-0.15, -0.1) is 0 Å². The number of likely N-dealkylation sites (N-methyl/N-ethyl adjacent to an activating group) is 1. The zero-order chi connectivity index (χ0) is 45.8. The molecule has 1 unspecified atom stereocenters. The number of amidine groups is 1. The number of fused-ring (bicyclic) bond motifs is 1. The number of aromatic nitrogens is 8. The monoisotopic (exact) mass is 862 g/mol. The fourth-order valence-electron chi connectivity index (χ4n) is 7.44. The Bertz CT molecular complexity index is 3050. The Hall–Kier alpha value is -8.35. The van der Waals surface area contributed by atoms with Gasteiger partial charge in [0.2, 0.25) is 0 Å². The topological polar surface area (TPSA) is 320 Å². The Labute approximate surface area is 366 Å². The Morgan fingerprint density at radius 1 is 0.938 bits per heavy atom. The van der Waals surface area contributed by atoms with Crippen molar-refractivity contribution < 1.29 is 10.2 Å². The Morgan fingerprint density at radius 2 is 1.67 bits per heavy atom. The van der Waals surface area contributed by atoms with E-state index in [4.69, 9.17) is 32.3 Å². The number of nitrogens with two attached hydrogens (primary N) is 2. The lowest BCUT2D eigenvalue weighted by molar-refractivity contribution is 0.209. The van der Waals surface area contributed by atoms with Gasteiger partial charge in [-0.2, -0.15) is 0 Å². The maximum Gasteiger partial charge on any atom is 0.282 e. The maximum atomic E-state index is 14.6. The highest BCUT2D eigenvalue weighted by atomic mass is 16.3. The molecule has 6 aromatic rings. The molecule has 4 aromatic heterocycles. The molecule has 1 atom stereocenters. The van der Waals surface area contributed by atoms with E-state index in [9.17, 15) is 20.4 Å². The highest BCUT2D eigenvalue weighted by Gasteiger charge is 2.34. The number of aliphatic hydroxyl groups excluding tert-OH is 2. The van der Waals surface area contributed by atoms with E-state index in [0.29, 0.717) is 39.5 Å². The zero-order valence-corrected chi connectivity index (χ0v) is 35.6. The number of aliphatic hydroxyl groups is 2. The predicted octanol–water partition coefficient (Wildman–Crippen LogP) is 2.13. The highest BCUT2D eigenvalue weighted by Crippen LogP contribution is 2.32. The van der Waals surface area contributed by atoms with E-state index in [1.165, 1.54) is 17.2 Å².